The average molecular weight is 410 g/mol. The molecule has 1 amide bonds. The second-order valence-corrected chi connectivity index (χ2v) is 8.00. The van der Waals surface area contributed by atoms with Crippen molar-refractivity contribution < 1.29 is 15.0 Å². The molecule has 0 aliphatic carbocycles. The van der Waals surface area contributed by atoms with Gasteiger partial charge < -0.3 is 15.5 Å². The van der Waals surface area contributed by atoms with Crippen molar-refractivity contribution >= 4 is 5.91 Å². The number of nitrogens with one attached hydrogen (secondary N) is 1. The Morgan fingerprint density at radius 1 is 0.793 bits per heavy atom. The van der Waals surface area contributed by atoms with Gasteiger partial charge in [0.1, 0.15) is 0 Å². The molecule has 2 unspecified atom stereocenters. The van der Waals surface area contributed by atoms with Gasteiger partial charge in [-0.05, 0) is 25.7 Å². The van der Waals surface area contributed by atoms with Gasteiger partial charge in [0.15, 0.2) is 0 Å². The third-order valence-electron chi connectivity index (χ3n) is 5.25. The molecular formula is C25H47NO3. The number of unbranched alkanes of at least 4 members (excludes halogenated alkanes) is 12. The Bertz CT molecular complexity index is 420. The van der Waals surface area contributed by atoms with Crippen molar-refractivity contribution in [3.8, 4) is 0 Å². The van der Waals surface area contributed by atoms with E-state index in [4.69, 9.17) is 0 Å². The fourth-order valence-corrected chi connectivity index (χ4v) is 3.27. The summed E-state index contributed by atoms with van der Waals surface area (Å²) >= 11 is 0. The van der Waals surface area contributed by atoms with Crippen LogP contribution in [0.15, 0.2) is 24.3 Å². The van der Waals surface area contributed by atoms with E-state index in [1.165, 1.54) is 70.6 Å². The SMILES string of the molecule is CCCCCCCCCCCCC/C=C/CC/C=C/C(O)C(CO)NC(=O)CC. The summed E-state index contributed by atoms with van der Waals surface area (Å²) in [5.41, 5.74) is 0. The fraction of sp³-hybridized carbons (Fsp3) is 0.800. The van der Waals surface area contributed by atoms with E-state index in [-0.39, 0.29) is 12.5 Å². The topological polar surface area (TPSA) is 69.6 Å². The molecule has 0 aliphatic rings. The van der Waals surface area contributed by atoms with Crippen molar-refractivity contribution in [3.63, 3.8) is 0 Å². The Morgan fingerprint density at radius 3 is 1.86 bits per heavy atom. The lowest BCUT2D eigenvalue weighted by Crippen LogP contribution is -2.44. The number of rotatable bonds is 20. The lowest BCUT2D eigenvalue weighted by molar-refractivity contribution is -0.122. The van der Waals surface area contributed by atoms with Crippen molar-refractivity contribution in [2.24, 2.45) is 0 Å². The summed E-state index contributed by atoms with van der Waals surface area (Å²) in [6.07, 6.45) is 25.6. The molecule has 0 spiro atoms. The Kier molecular flexibility index (Phi) is 20.7. The highest BCUT2D eigenvalue weighted by molar-refractivity contribution is 5.75. The van der Waals surface area contributed by atoms with E-state index in [2.05, 4.69) is 24.4 Å². The monoisotopic (exact) mass is 409 g/mol. The molecular weight excluding hydrogens is 362 g/mol. The highest BCUT2D eigenvalue weighted by Crippen LogP contribution is 2.12. The van der Waals surface area contributed by atoms with Crippen LogP contribution in [0.2, 0.25) is 0 Å². The van der Waals surface area contributed by atoms with E-state index < -0.39 is 12.1 Å². The second kappa shape index (κ2) is 21.6. The van der Waals surface area contributed by atoms with Gasteiger partial charge in [-0.1, -0.05) is 102 Å². The number of carbonyl (C=O) groups is 1. The van der Waals surface area contributed by atoms with Gasteiger partial charge in [-0.2, -0.15) is 0 Å². The number of carbonyl (C=O) groups excluding carboxylic acids is 1. The van der Waals surface area contributed by atoms with Crippen LogP contribution in [0.1, 0.15) is 110 Å². The molecule has 4 nitrogen and oxygen atoms in total. The molecule has 170 valence electrons. The van der Waals surface area contributed by atoms with Crippen LogP contribution < -0.4 is 5.32 Å². The number of allylic oxidation sites excluding steroid dienone is 3. The molecule has 0 aromatic carbocycles. The van der Waals surface area contributed by atoms with Crippen LogP contribution in [-0.2, 0) is 4.79 Å². The maximum Gasteiger partial charge on any atom is 0.220 e. The zero-order valence-electron chi connectivity index (χ0n) is 19.1. The van der Waals surface area contributed by atoms with Crippen LogP contribution in [0.3, 0.4) is 0 Å². The largest absolute Gasteiger partial charge is 0.394 e. The summed E-state index contributed by atoms with van der Waals surface area (Å²) in [6.45, 7) is 3.75. The van der Waals surface area contributed by atoms with Crippen molar-refractivity contribution in [2.75, 3.05) is 6.61 Å². The van der Waals surface area contributed by atoms with Gasteiger partial charge in [-0.3, -0.25) is 4.79 Å². The maximum atomic E-state index is 11.4. The van der Waals surface area contributed by atoms with E-state index in [0.29, 0.717) is 6.42 Å². The maximum absolute atomic E-state index is 11.4. The van der Waals surface area contributed by atoms with Crippen LogP contribution in [0.4, 0.5) is 0 Å². The number of aliphatic hydroxyl groups is 2. The van der Waals surface area contributed by atoms with Gasteiger partial charge in [-0.25, -0.2) is 0 Å². The van der Waals surface area contributed by atoms with Gasteiger partial charge in [0.05, 0.1) is 18.8 Å². The predicted molar refractivity (Wildman–Crippen MR) is 124 cm³/mol. The summed E-state index contributed by atoms with van der Waals surface area (Å²) in [5, 5.41) is 21.9. The summed E-state index contributed by atoms with van der Waals surface area (Å²) in [7, 11) is 0. The summed E-state index contributed by atoms with van der Waals surface area (Å²) in [4.78, 5) is 11.4. The molecule has 3 N–H and O–H groups in total. The summed E-state index contributed by atoms with van der Waals surface area (Å²) in [5.74, 6) is -0.165. The Labute approximate surface area is 179 Å². The molecule has 0 aromatic heterocycles. The van der Waals surface area contributed by atoms with E-state index in [0.717, 1.165) is 19.3 Å². The van der Waals surface area contributed by atoms with Crippen molar-refractivity contribution in [3.05, 3.63) is 24.3 Å². The first-order valence-electron chi connectivity index (χ1n) is 12.1. The quantitative estimate of drug-likeness (QED) is 0.175. The first-order valence-corrected chi connectivity index (χ1v) is 12.1. The fourth-order valence-electron chi connectivity index (χ4n) is 3.27. The van der Waals surface area contributed by atoms with Crippen LogP contribution in [0, 0.1) is 0 Å². The van der Waals surface area contributed by atoms with Crippen molar-refractivity contribution in [1.29, 1.82) is 0 Å². The Hall–Kier alpha value is -1.13. The average Bonchev–Trinajstić information content (AvgIpc) is 2.73. The normalized spacial score (nSPS) is 13.9. The van der Waals surface area contributed by atoms with E-state index in [1.54, 1.807) is 13.0 Å². The third kappa shape index (κ3) is 18.6. The van der Waals surface area contributed by atoms with Crippen LogP contribution in [0.25, 0.3) is 0 Å². The highest BCUT2D eigenvalue weighted by atomic mass is 16.3. The third-order valence-corrected chi connectivity index (χ3v) is 5.25. The lowest BCUT2D eigenvalue weighted by atomic mass is 10.1. The second-order valence-electron chi connectivity index (χ2n) is 8.00. The van der Waals surface area contributed by atoms with E-state index in [9.17, 15) is 15.0 Å². The number of amides is 1. The zero-order valence-corrected chi connectivity index (χ0v) is 19.1. The number of hydrogen-bond donors (Lipinski definition) is 3. The zero-order chi connectivity index (χ0) is 21.6. The molecule has 0 fully saturated rings. The number of hydrogen-bond acceptors (Lipinski definition) is 3. The molecule has 0 rings (SSSR count). The van der Waals surface area contributed by atoms with Crippen molar-refractivity contribution in [1.82, 2.24) is 5.32 Å². The van der Waals surface area contributed by atoms with Crippen molar-refractivity contribution in [2.45, 2.75) is 122 Å². The van der Waals surface area contributed by atoms with E-state index >= 15 is 0 Å². The standard InChI is InChI=1S/C25H47NO3/c1-3-5-6-7-8-9-10-11-12-13-14-15-16-17-18-19-20-21-24(28)23(22-27)26-25(29)4-2/h16-17,20-21,23-24,27-28H,3-15,18-19,22H2,1-2H3,(H,26,29)/b17-16+,21-20+. The van der Waals surface area contributed by atoms with Gasteiger partial charge in [0, 0.05) is 6.42 Å². The number of aliphatic hydroxyl groups excluding tert-OH is 2. The molecule has 2 atom stereocenters. The molecule has 29 heavy (non-hydrogen) atoms. The van der Waals surface area contributed by atoms with Gasteiger partial charge in [0.25, 0.3) is 0 Å². The summed E-state index contributed by atoms with van der Waals surface area (Å²) in [6, 6.07) is -0.629. The minimum absolute atomic E-state index is 0.165. The molecule has 0 bridgehead atoms. The van der Waals surface area contributed by atoms with E-state index in [1.807, 2.05) is 6.08 Å². The van der Waals surface area contributed by atoms with Gasteiger partial charge >= 0.3 is 0 Å². The van der Waals surface area contributed by atoms with Crippen LogP contribution >= 0.6 is 0 Å². The molecule has 0 aliphatic heterocycles. The minimum Gasteiger partial charge on any atom is -0.394 e. The lowest BCUT2D eigenvalue weighted by Gasteiger charge is -2.19. The molecule has 0 aromatic rings. The predicted octanol–water partition coefficient (Wildman–Crippen LogP) is 5.83. The molecule has 4 heteroatoms. The molecule has 0 radical (unpaired) electrons. The van der Waals surface area contributed by atoms with Crippen LogP contribution in [0.5, 0.6) is 0 Å². The Morgan fingerprint density at radius 2 is 1.31 bits per heavy atom. The highest BCUT2D eigenvalue weighted by Gasteiger charge is 2.16. The molecule has 0 heterocycles. The molecule has 0 saturated carbocycles. The Balaban J connectivity index is 3.53. The first-order chi connectivity index (χ1) is 14.2. The summed E-state index contributed by atoms with van der Waals surface area (Å²) < 4.78 is 0. The smallest absolute Gasteiger partial charge is 0.220 e. The van der Waals surface area contributed by atoms with Gasteiger partial charge in [-0.15, -0.1) is 0 Å². The minimum atomic E-state index is -0.851. The molecule has 0 saturated heterocycles. The first kappa shape index (κ1) is 27.9. The van der Waals surface area contributed by atoms with Crippen LogP contribution in [-0.4, -0.2) is 34.9 Å². The van der Waals surface area contributed by atoms with Gasteiger partial charge in [0.2, 0.25) is 5.91 Å².